The zero-order valence-corrected chi connectivity index (χ0v) is 24.4. The fourth-order valence-corrected chi connectivity index (χ4v) is 6.68. The Bertz CT molecular complexity index is 2060. The zero-order valence-electron chi connectivity index (χ0n) is 24.4. The van der Waals surface area contributed by atoms with Crippen molar-refractivity contribution in [2.24, 2.45) is 0 Å². The lowest BCUT2D eigenvalue weighted by Gasteiger charge is -2.13. The van der Waals surface area contributed by atoms with E-state index in [4.69, 9.17) is 0 Å². The summed E-state index contributed by atoms with van der Waals surface area (Å²) in [6, 6.07) is 45.1. The molecule has 8 aromatic rings. The van der Waals surface area contributed by atoms with Crippen molar-refractivity contribution in [1.82, 2.24) is 9.13 Å². The SMILES string of the molecule is Cc1ccc2c3ccc(C)cc3n(-c3cccc(-c4cccc(-n5c6cc(C)ccc6c6ccc(C)cc65)c4)c3)c2c1. The first-order chi connectivity index (χ1) is 20.4. The number of aromatic nitrogens is 2. The second-order valence-electron chi connectivity index (χ2n) is 11.9. The van der Waals surface area contributed by atoms with Gasteiger partial charge in [-0.25, -0.2) is 0 Å². The Morgan fingerprint density at radius 2 is 0.643 bits per heavy atom. The summed E-state index contributed by atoms with van der Waals surface area (Å²) in [5.74, 6) is 0. The quantitative estimate of drug-likeness (QED) is 0.211. The molecule has 0 aliphatic rings. The van der Waals surface area contributed by atoms with Crippen molar-refractivity contribution < 1.29 is 0 Å². The Labute approximate surface area is 246 Å². The van der Waals surface area contributed by atoms with E-state index >= 15 is 0 Å². The summed E-state index contributed by atoms with van der Waals surface area (Å²) in [4.78, 5) is 0. The topological polar surface area (TPSA) is 9.86 Å². The van der Waals surface area contributed by atoms with E-state index in [-0.39, 0.29) is 0 Å². The molecule has 0 spiro atoms. The highest BCUT2D eigenvalue weighted by Gasteiger charge is 2.15. The van der Waals surface area contributed by atoms with Crippen molar-refractivity contribution >= 4 is 43.6 Å². The van der Waals surface area contributed by atoms with Crippen LogP contribution in [-0.4, -0.2) is 9.13 Å². The molecule has 2 aromatic heterocycles. The molecule has 0 N–H and O–H groups in total. The summed E-state index contributed by atoms with van der Waals surface area (Å²) in [5.41, 5.74) is 14.8. The predicted molar refractivity (Wildman–Crippen MR) is 180 cm³/mol. The molecule has 0 amide bonds. The van der Waals surface area contributed by atoms with Crippen LogP contribution in [0.5, 0.6) is 0 Å². The van der Waals surface area contributed by atoms with Crippen LogP contribution in [0.2, 0.25) is 0 Å². The normalized spacial score (nSPS) is 11.8. The summed E-state index contributed by atoms with van der Waals surface area (Å²) in [5, 5.41) is 5.17. The van der Waals surface area contributed by atoms with Crippen LogP contribution in [0.3, 0.4) is 0 Å². The minimum Gasteiger partial charge on any atom is -0.309 e. The van der Waals surface area contributed by atoms with Crippen molar-refractivity contribution in [3.63, 3.8) is 0 Å². The second-order valence-corrected chi connectivity index (χ2v) is 11.9. The molecular formula is C40H32N2. The Kier molecular flexibility index (Phi) is 5.42. The first-order valence-corrected chi connectivity index (χ1v) is 14.7. The van der Waals surface area contributed by atoms with Gasteiger partial charge in [-0.1, -0.05) is 72.8 Å². The fourth-order valence-electron chi connectivity index (χ4n) is 6.68. The molecule has 2 heterocycles. The summed E-state index contributed by atoms with van der Waals surface area (Å²) in [7, 11) is 0. The molecule has 6 aromatic carbocycles. The van der Waals surface area contributed by atoms with Crippen LogP contribution in [0.4, 0.5) is 0 Å². The number of hydrogen-bond acceptors (Lipinski definition) is 0. The van der Waals surface area contributed by atoms with Gasteiger partial charge >= 0.3 is 0 Å². The molecule has 0 fully saturated rings. The lowest BCUT2D eigenvalue weighted by Crippen LogP contribution is -1.96. The van der Waals surface area contributed by atoms with E-state index in [0.717, 1.165) is 0 Å². The number of benzene rings is 6. The van der Waals surface area contributed by atoms with Gasteiger partial charge in [-0.15, -0.1) is 0 Å². The van der Waals surface area contributed by atoms with Crippen LogP contribution in [0.25, 0.3) is 66.1 Å². The number of hydrogen-bond donors (Lipinski definition) is 0. The van der Waals surface area contributed by atoms with Crippen molar-refractivity contribution in [1.29, 1.82) is 0 Å². The van der Waals surface area contributed by atoms with Gasteiger partial charge in [0.05, 0.1) is 22.1 Å². The Hall–Kier alpha value is -5.08. The standard InChI is InChI=1S/C40H32N2/c1-25-11-15-33-34-16-12-26(2)20-38(34)41(37(33)19-25)31-9-5-7-29(23-31)30-8-6-10-32(24-30)42-39-21-27(3)13-17-35(39)36-18-14-28(4)22-40(36)42/h5-24H,1-4H3. The maximum absolute atomic E-state index is 2.43. The fraction of sp³-hybridized carbons (Fsp3) is 0.100. The average Bonchev–Trinajstić information content (AvgIpc) is 3.47. The average molecular weight is 541 g/mol. The molecule has 0 unspecified atom stereocenters. The van der Waals surface area contributed by atoms with Crippen LogP contribution < -0.4 is 0 Å². The van der Waals surface area contributed by atoms with Gasteiger partial charge in [0.15, 0.2) is 0 Å². The Morgan fingerprint density at radius 1 is 0.333 bits per heavy atom. The van der Waals surface area contributed by atoms with Gasteiger partial charge in [0.25, 0.3) is 0 Å². The first kappa shape index (κ1) is 24.7. The second kappa shape index (κ2) is 9.22. The smallest absolute Gasteiger partial charge is 0.0543 e. The monoisotopic (exact) mass is 540 g/mol. The molecule has 2 nitrogen and oxygen atoms in total. The van der Waals surface area contributed by atoms with E-state index in [9.17, 15) is 0 Å². The number of fused-ring (bicyclic) bond motifs is 6. The molecule has 8 rings (SSSR count). The van der Waals surface area contributed by atoms with Gasteiger partial charge in [-0.2, -0.15) is 0 Å². The highest BCUT2D eigenvalue weighted by atomic mass is 15.0. The van der Waals surface area contributed by atoms with E-state index in [0.29, 0.717) is 0 Å². The van der Waals surface area contributed by atoms with E-state index in [2.05, 4.69) is 158 Å². The molecular weight excluding hydrogens is 508 g/mol. The van der Waals surface area contributed by atoms with Crippen molar-refractivity contribution in [2.45, 2.75) is 27.7 Å². The molecule has 2 heteroatoms. The molecule has 0 bridgehead atoms. The highest BCUT2D eigenvalue weighted by Crippen LogP contribution is 2.36. The van der Waals surface area contributed by atoms with Crippen molar-refractivity contribution in [2.75, 3.05) is 0 Å². The lowest BCUT2D eigenvalue weighted by molar-refractivity contribution is 1.17. The van der Waals surface area contributed by atoms with Crippen LogP contribution >= 0.6 is 0 Å². The number of aryl methyl sites for hydroxylation is 4. The third-order valence-electron chi connectivity index (χ3n) is 8.70. The van der Waals surface area contributed by atoms with Crippen LogP contribution in [0.1, 0.15) is 22.3 Å². The van der Waals surface area contributed by atoms with E-state index in [1.54, 1.807) is 0 Å². The van der Waals surface area contributed by atoms with Crippen molar-refractivity contribution in [3.8, 4) is 22.5 Å². The minimum atomic E-state index is 1.18. The van der Waals surface area contributed by atoms with Crippen LogP contribution in [-0.2, 0) is 0 Å². The Balaban J connectivity index is 1.33. The number of nitrogens with zero attached hydrogens (tertiary/aromatic N) is 2. The van der Waals surface area contributed by atoms with Crippen molar-refractivity contribution in [3.05, 3.63) is 144 Å². The Morgan fingerprint density at radius 3 is 0.952 bits per heavy atom. The highest BCUT2D eigenvalue weighted by molar-refractivity contribution is 6.10. The van der Waals surface area contributed by atoms with Crippen LogP contribution in [0, 0.1) is 27.7 Å². The molecule has 42 heavy (non-hydrogen) atoms. The number of rotatable bonds is 3. The molecule has 0 saturated heterocycles. The largest absolute Gasteiger partial charge is 0.309 e. The van der Waals surface area contributed by atoms with Gasteiger partial charge in [0.2, 0.25) is 0 Å². The van der Waals surface area contributed by atoms with Gasteiger partial charge in [0.1, 0.15) is 0 Å². The van der Waals surface area contributed by atoms with Gasteiger partial charge in [-0.3, -0.25) is 0 Å². The third kappa shape index (κ3) is 3.79. The van der Waals surface area contributed by atoms with Crippen LogP contribution in [0.15, 0.2) is 121 Å². The predicted octanol–water partition coefficient (Wildman–Crippen LogP) is 10.8. The maximum Gasteiger partial charge on any atom is 0.0543 e. The molecule has 0 saturated carbocycles. The molecule has 0 atom stereocenters. The van der Waals surface area contributed by atoms with E-state index < -0.39 is 0 Å². The first-order valence-electron chi connectivity index (χ1n) is 14.7. The minimum absolute atomic E-state index is 1.18. The summed E-state index contributed by atoms with van der Waals surface area (Å²) >= 11 is 0. The van der Waals surface area contributed by atoms with Gasteiger partial charge < -0.3 is 9.13 Å². The zero-order chi connectivity index (χ0) is 28.5. The van der Waals surface area contributed by atoms with E-state index in [1.165, 1.54) is 88.4 Å². The molecule has 0 aliphatic heterocycles. The summed E-state index contributed by atoms with van der Waals surface area (Å²) in [6.07, 6.45) is 0. The third-order valence-corrected chi connectivity index (χ3v) is 8.70. The molecule has 0 aliphatic carbocycles. The van der Waals surface area contributed by atoms with Gasteiger partial charge in [-0.05, 0) is 110 Å². The van der Waals surface area contributed by atoms with Gasteiger partial charge in [0, 0.05) is 32.9 Å². The molecule has 0 radical (unpaired) electrons. The summed E-state index contributed by atoms with van der Waals surface area (Å²) < 4.78 is 4.85. The van der Waals surface area contributed by atoms with E-state index in [1.807, 2.05) is 0 Å². The maximum atomic E-state index is 2.43. The lowest BCUT2D eigenvalue weighted by atomic mass is 10.0. The molecule has 202 valence electrons. The summed E-state index contributed by atoms with van der Waals surface area (Å²) in [6.45, 7) is 8.69.